The van der Waals surface area contributed by atoms with Crippen molar-refractivity contribution < 1.29 is 9.63 Å². The Bertz CT molecular complexity index is 335. The summed E-state index contributed by atoms with van der Waals surface area (Å²) in [6.45, 7) is 2.02. The van der Waals surface area contributed by atoms with E-state index in [0.29, 0.717) is 6.42 Å². The number of hydrogen-bond acceptors (Lipinski definition) is 2. The number of rotatable bonds is 1. The van der Waals surface area contributed by atoms with Crippen molar-refractivity contribution in [3.8, 4) is 0 Å². The highest BCUT2D eigenvalue weighted by Gasteiger charge is 2.24. The molecule has 1 fully saturated rings. The predicted molar refractivity (Wildman–Crippen MR) is 47.8 cm³/mol. The molecule has 0 spiro atoms. The SMILES string of the molecule is Cc1cccc(C2CC(=O)NO2)c1. The number of aryl methyl sites for hydroxylation is 1. The maximum Gasteiger partial charge on any atom is 0.246 e. The fourth-order valence-corrected chi connectivity index (χ4v) is 1.44. The van der Waals surface area contributed by atoms with Gasteiger partial charge in [-0.25, -0.2) is 5.48 Å². The van der Waals surface area contributed by atoms with Crippen LogP contribution in [0.5, 0.6) is 0 Å². The molecule has 1 unspecified atom stereocenters. The quantitative estimate of drug-likeness (QED) is 0.705. The Morgan fingerprint density at radius 3 is 3.00 bits per heavy atom. The largest absolute Gasteiger partial charge is 0.273 e. The zero-order chi connectivity index (χ0) is 9.26. The van der Waals surface area contributed by atoms with E-state index in [1.54, 1.807) is 0 Å². The van der Waals surface area contributed by atoms with Gasteiger partial charge >= 0.3 is 0 Å². The molecule has 0 bridgehead atoms. The van der Waals surface area contributed by atoms with Crippen molar-refractivity contribution in [2.24, 2.45) is 0 Å². The van der Waals surface area contributed by atoms with Crippen molar-refractivity contribution in [2.45, 2.75) is 19.4 Å². The summed E-state index contributed by atoms with van der Waals surface area (Å²) < 4.78 is 0. The Morgan fingerprint density at radius 1 is 1.54 bits per heavy atom. The van der Waals surface area contributed by atoms with Crippen molar-refractivity contribution in [1.82, 2.24) is 5.48 Å². The number of carbonyl (C=O) groups is 1. The second kappa shape index (κ2) is 3.18. The zero-order valence-electron chi connectivity index (χ0n) is 7.41. The van der Waals surface area contributed by atoms with E-state index in [1.165, 1.54) is 5.56 Å². The molecule has 1 aromatic carbocycles. The summed E-state index contributed by atoms with van der Waals surface area (Å²) in [5, 5.41) is 0. The minimum absolute atomic E-state index is 0.0495. The molecule has 1 amide bonds. The van der Waals surface area contributed by atoms with Gasteiger partial charge in [-0.1, -0.05) is 29.8 Å². The third-order valence-electron chi connectivity index (χ3n) is 2.10. The lowest BCUT2D eigenvalue weighted by atomic mass is 10.0. The minimum atomic E-state index is -0.118. The van der Waals surface area contributed by atoms with Crippen LogP contribution >= 0.6 is 0 Å². The van der Waals surface area contributed by atoms with E-state index in [-0.39, 0.29) is 12.0 Å². The summed E-state index contributed by atoms with van der Waals surface area (Å²) in [6, 6.07) is 7.99. The van der Waals surface area contributed by atoms with Gasteiger partial charge in [-0.2, -0.15) is 0 Å². The molecule has 3 heteroatoms. The van der Waals surface area contributed by atoms with Crippen LogP contribution in [0.2, 0.25) is 0 Å². The molecule has 1 saturated heterocycles. The van der Waals surface area contributed by atoms with E-state index < -0.39 is 0 Å². The normalized spacial score (nSPS) is 21.6. The van der Waals surface area contributed by atoms with Gasteiger partial charge in [0.25, 0.3) is 0 Å². The van der Waals surface area contributed by atoms with Crippen molar-refractivity contribution in [1.29, 1.82) is 0 Å². The fraction of sp³-hybridized carbons (Fsp3) is 0.300. The molecule has 3 nitrogen and oxygen atoms in total. The van der Waals surface area contributed by atoms with E-state index >= 15 is 0 Å². The molecule has 13 heavy (non-hydrogen) atoms. The summed E-state index contributed by atoms with van der Waals surface area (Å²) in [5.41, 5.74) is 4.58. The van der Waals surface area contributed by atoms with Gasteiger partial charge in [-0.15, -0.1) is 0 Å². The van der Waals surface area contributed by atoms with Crippen LogP contribution in [0.1, 0.15) is 23.7 Å². The molecule has 0 radical (unpaired) electrons. The Balaban J connectivity index is 2.21. The first-order chi connectivity index (χ1) is 6.25. The number of benzene rings is 1. The Hall–Kier alpha value is -1.35. The topological polar surface area (TPSA) is 38.3 Å². The third kappa shape index (κ3) is 1.70. The Labute approximate surface area is 76.7 Å². The lowest BCUT2D eigenvalue weighted by Crippen LogP contribution is -2.11. The first kappa shape index (κ1) is 8.26. The summed E-state index contributed by atoms with van der Waals surface area (Å²) in [4.78, 5) is 16.0. The smallest absolute Gasteiger partial charge is 0.246 e. The average molecular weight is 177 g/mol. The maximum atomic E-state index is 10.9. The highest BCUT2D eigenvalue weighted by Crippen LogP contribution is 2.24. The van der Waals surface area contributed by atoms with Crippen molar-refractivity contribution in [3.63, 3.8) is 0 Å². The lowest BCUT2D eigenvalue weighted by molar-refractivity contribution is -0.124. The summed E-state index contributed by atoms with van der Waals surface area (Å²) in [7, 11) is 0. The lowest BCUT2D eigenvalue weighted by Gasteiger charge is -2.07. The highest BCUT2D eigenvalue weighted by atomic mass is 16.7. The molecule has 1 aliphatic rings. The van der Waals surface area contributed by atoms with Crippen molar-refractivity contribution in [2.75, 3.05) is 0 Å². The van der Waals surface area contributed by atoms with Crippen LogP contribution in [-0.2, 0) is 9.63 Å². The summed E-state index contributed by atoms with van der Waals surface area (Å²) in [5.74, 6) is -0.0495. The van der Waals surface area contributed by atoms with Gasteiger partial charge in [0, 0.05) is 0 Å². The second-order valence-corrected chi connectivity index (χ2v) is 3.25. The number of amides is 1. The molecule has 1 aliphatic heterocycles. The molecule has 68 valence electrons. The monoisotopic (exact) mass is 177 g/mol. The highest BCUT2D eigenvalue weighted by molar-refractivity contribution is 5.77. The van der Waals surface area contributed by atoms with Crippen LogP contribution in [0.25, 0.3) is 0 Å². The Kier molecular flexibility index (Phi) is 2.02. The van der Waals surface area contributed by atoms with Crippen LogP contribution in [-0.4, -0.2) is 5.91 Å². The third-order valence-corrected chi connectivity index (χ3v) is 2.10. The molecule has 0 aliphatic carbocycles. The zero-order valence-corrected chi connectivity index (χ0v) is 7.41. The Morgan fingerprint density at radius 2 is 2.38 bits per heavy atom. The van der Waals surface area contributed by atoms with Crippen molar-refractivity contribution in [3.05, 3.63) is 35.4 Å². The minimum Gasteiger partial charge on any atom is -0.273 e. The molecule has 0 saturated carbocycles. The predicted octanol–water partition coefficient (Wildman–Crippen LogP) is 1.49. The van der Waals surface area contributed by atoms with Crippen LogP contribution in [0.3, 0.4) is 0 Å². The fourth-order valence-electron chi connectivity index (χ4n) is 1.44. The summed E-state index contributed by atoms with van der Waals surface area (Å²) in [6.07, 6.45) is 0.302. The van der Waals surface area contributed by atoms with Gasteiger partial charge in [0.1, 0.15) is 6.10 Å². The molecule has 1 atom stereocenters. The van der Waals surface area contributed by atoms with E-state index in [1.807, 2.05) is 31.2 Å². The van der Waals surface area contributed by atoms with Gasteiger partial charge in [-0.05, 0) is 12.5 Å². The molecule has 0 aromatic heterocycles. The van der Waals surface area contributed by atoms with E-state index in [0.717, 1.165) is 5.56 Å². The van der Waals surface area contributed by atoms with E-state index in [2.05, 4.69) is 5.48 Å². The molecule has 1 aromatic rings. The first-order valence-corrected chi connectivity index (χ1v) is 4.27. The van der Waals surface area contributed by atoms with Gasteiger partial charge in [0.15, 0.2) is 0 Å². The van der Waals surface area contributed by atoms with Gasteiger partial charge in [0.2, 0.25) is 5.91 Å². The van der Waals surface area contributed by atoms with Crippen LogP contribution in [0.15, 0.2) is 24.3 Å². The molecule has 2 rings (SSSR count). The maximum absolute atomic E-state index is 10.9. The average Bonchev–Trinajstić information content (AvgIpc) is 2.52. The molecular weight excluding hydrogens is 166 g/mol. The van der Waals surface area contributed by atoms with Crippen LogP contribution in [0.4, 0.5) is 0 Å². The van der Waals surface area contributed by atoms with E-state index in [9.17, 15) is 4.79 Å². The van der Waals surface area contributed by atoms with Crippen LogP contribution in [0, 0.1) is 6.92 Å². The van der Waals surface area contributed by atoms with Crippen LogP contribution < -0.4 is 5.48 Å². The second-order valence-electron chi connectivity index (χ2n) is 3.25. The van der Waals surface area contributed by atoms with Gasteiger partial charge in [0.05, 0.1) is 6.42 Å². The number of hydroxylamine groups is 1. The van der Waals surface area contributed by atoms with Gasteiger partial charge in [-0.3, -0.25) is 9.63 Å². The number of nitrogens with one attached hydrogen (secondary N) is 1. The standard InChI is InChI=1S/C10H11NO2/c1-7-3-2-4-8(5-7)9-6-10(12)11-13-9/h2-5,9H,6H2,1H3,(H,11,12). The molecular formula is C10H11NO2. The molecule has 1 heterocycles. The van der Waals surface area contributed by atoms with Gasteiger partial charge < -0.3 is 0 Å². The number of hydrogen-bond donors (Lipinski definition) is 1. The molecule has 1 N–H and O–H groups in total. The van der Waals surface area contributed by atoms with Crippen molar-refractivity contribution >= 4 is 5.91 Å². The first-order valence-electron chi connectivity index (χ1n) is 4.27. The van der Waals surface area contributed by atoms with E-state index in [4.69, 9.17) is 4.84 Å². The number of carbonyl (C=O) groups excluding carboxylic acids is 1. The summed E-state index contributed by atoms with van der Waals surface area (Å²) >= 11 is 0.